The van der Waals surface area contributed by atoms with E-state index in [1.165, 1.54) is 0 Å². The maximum atomic E-state index is 13.0. The van der Waals surface area contributed by atoms with E-state index in [4.69, 9.17) is 0 Å². The molecule has 1 atom stereocenters. The number of amides is 3. The summed E-state index contributed by atoms with van der Waals surface area (Å²) < 4.78 is 0. The number of hydrogen-bond donors (Lipinski definition) is 1. The number of carbonyl (C=O) groups excluding carboxylic acids is 3. The first-order chi connectivity index (χ1) is 14.9. The minimum Gasteiger partial charge on any atom is -0.339 e. The second-order valence-corrected chi connectivity index (χ2v) is 8.14. The van der Waals surface area contributed by atoms with Crippen LogP contribution in [0.3, 0.4) is 0 Å². The molecule has 1 aliphatic heterocycles. The molecule has 0 radical (unpaired) electrons. The lowest BCUT2D eigenvalue weighted by molar-refractivity contribution is -0.129. The van der Waals surface area contributed by atoms with Gasteiger partial charge in [-0.15, -0.1) is 0 Å². The molecule has 0 bridgehead atoms. The van der Waals surface area contributed by atoms with Crippen molar-refractivity contribution < 1.29 is 14.4 Å². The Morgan fingerprint density at radius 1 is 1.10 bits per heavy atom. The van der Waals surface area contributed by atoms with E-state index in [2.05, 4.69) is 5.32 Å². The van der Waals surface area contributed by atoms with E-state index >= 15 is 0 Å². The smallest absolute Gasteiger partial charge is 0.253 e. The Balaban J connectivity index is 1.67. The second kappa shape index (κ2) is 10.2. The van der Waals surface area contributed by atoms with Gasteiger partial charge in [0.2, 0.25) is 11.8 Å². The third kappa shape index (κ3) is 5.72. The van der Waals surface area contributed by atoms with Crippen molar-refractivity contribution in [3.8, 4) is 0 Å². The van der Waals surface area contributed by atoms with E-state index < -0.39 is 0 Å². The number of carbonyl (C=O) groups is 3. The highest BCUT2D eigenvalue weighted by Crippen LogP contribution is 2.23. The molecule has 1 saturated heterocycles. The van der Waals surface area contributed by atoms with Gasteiger partial charge in [0, 0.05) is 44.4 Å². The molecule has 31 heavy (non-hydrogen) atoms. The summed E-state index contributed by atoms with van der Waals surface area (Å²) in [6.45, 7) is 7.60. The van der Waals surface area contributed by atoms with Crippen LogP contribution >= 0.6 is 0 Å². The molecule has 0 spiro atoms. The largest absolute Gasteiger partial charge is 0.339 e. The summed E-state index contributed by atoms with van der Waals surface area (Å²) in [6, 6.07) is 15.1. The van der Waals surface area contributed by atoms with Crippen LogP contribution in [0.4, 0.5) is 5.69 Å². The van der Waals surface area contributed by atoms with Crippen molar-refractivity contribution in [2.75, 3.05) is 25.0 Å². The summed E-state index contributed by atoms with van der Waals surface area (Å²) >= 11 is 0. The maximum Gasteiger partial charge on any atom is 0.253 e. The van der Waals surface area contributed by atoms with E-state index in [1.54, 1.807) is 16.7 Å². The highest BCUT2D eigenvalue weighted by Gasteiger charge is 2.29. The number of benzene rings is 2. The topological polar surface area (TPSA) is 69.7 Å². The normalized spacial score (nSPS) is 16.0. The number of rotatable bonds is 6. The van der Waals surface area contributed by atoms with Crippen molar-refractivity contribution in [3.63, 3.8) is 0 Å². The van der Waals surface area contributed by atoms with Crippen molar-refractivity contribution in [2.24, 2.45) is 5.92 Å². The van der Waals surface area contributed by atoms with Gasteiger partial charge in [0.1, 0.15) is 0 Å². The fourth-order valence-corrected chi connectivity index (χ4v) is 3.92. The first-order valence-electron chi connectivity index (χ1n) is 10.9. The number of hydrogen-bond acceptors (Lipinski definition) is 3. The van der Waals surface area contributed by atoms with Crippen molar-refractivity contribution in [2.45, 2.75) is 40.2 Å². The first-order valence-corrected chi connectivity index (χ1v) is 10.9. The van der Waals surface area contributed by atoms with Gasteiger partial charge in [-0.1, -0.05) is 35.9 Å². The average Bonchev–Trinajstić information content (AvgIpc) is 2.78. The van der Waals surface area contributed by atoms with Crippen molar-refractivity contribution >= 4 is 23.4 Å². The fraction of sp³-hybridized carbons (Fsp3) is 0.400. The molecule has 3 amide bonds. The Morgan fingerprint density at radius 2 is 1.81 bits per heavy atom. The summed E-state index contributed by atoms with van der Waals surface area (Å²) in [5, 5.41) is 3.04. The molecule has 1 unspecified atom stereocenters. The highest BCUT2D eigenvalue weighted by atomic mass is 16.2. The van der Waals surface area contributed by atoms with E-state index in [0.717, 1.165) is 24.0 Å². The average molecular weight is 422 g/mol. The number of nitrogens with zero attached hydrogens (tertiary/aromatic N) is 2. The van der Waals surface area contributed by atoms with Crippen LogP contribution in [0.1, 0.15) is 48.2 Å². The van der Waals surface area contributed by atoms with Crippen LogP contribution in [0.25, 0.3) is 0 Å². The van der Waals surface area contributed by atoms with Crippen molar-refractivity contribution in [1.29, 1.82) is 0 Å². The number of aryl methyl sites for hydroxylation is 1. The zero-order chi connectivity index (χ0) is 22.4. The highest BCUT2D eigenvalue weighted by molar-refractivity contribution is 5.96. The molecule has 164 valence electrons. The number of likely N-dealkylation sites (tertiary alicyclic amines) is 1. The molecule has 1 N–H and O–H groups in total. The monoisotopic (exact) mass is 421 g/mol. The quantitative estimate of drug-likeness (QED) is 0.770. The minimum absolute atomic E-state index is 0.00108. The van der Waals surface area contributed by atoms with Gasteiger partial charge in [0.25, 0.3) is 5.91 Å². The lowest BCUT2D eigenvalue weighted by Gasteiger charge is -2.32. The number of para-hydroxylation sites is 1. The van der Waals surface area contributed by atoms with Crippen LogP contribution in [0.5, 0.6) is 0 Å². The van der Waals surface area contributed by atoms with Gasteiger partial charge in [-0.25, -0.2) is 0 Å². The van der Waals surface area contributed by atoms with Gasteiger partial charge in [0.15, 0.2) is 0 Å². The molecule has 2 aromatic carbocycles. The van der Waals surface area contributed by atoms with Crippen LogP contribution in [0.2, 0.25) is 0 Å². The van der Waals surface area contributed by atoms with E-state index in [9.17, 15) is 14.4 Å². The molecular formula is C25H31N3O3. The Labute approximate surface area is 184 Å². The zero-order valence-electron chi connectivity index (χ0n) is 18.6. The predicted molar refractivity (Wildman–Crippen MR) is 122 cm³/mol. The minimum atomic E-state index is -0.258. The summed E-state index contributed by atoms with van der Waals surface area (Å²) in [4.78, 5) is 41.2. The second-order valence-electron chi connectivity index (χ2n) is 8.14. The Morgan fingerprint density at radius 3 is 2.48 bits per heavy atom. The van der Waals surface area contributed by atoms with Gasteiger partial charge in [0.05, 0.1) is 5.92 Å². The molecule has 1 heterocycles. The maximum absolute atomic E-state index is 13.0. The van der Waals surface area contributed by atoms with E-state index in [1.807, 2.05) is 62.4 Å². The van der Waals surface area contributed by atoms with Crippen LogP contribution in [0.15, 0.2) is 48.5 Å². The molecule has 3 rings (SSSR count). The van der Waals surface area contributed by atoms with Crippen molar-refractivity contribution in [1.82, 2.24) is 9.80 Å². The van der Waals surface area contributed by atoms with Gasteiger partial charge in [-0.3, -0.25) is 14.4 Å². The Bertz CT molecular complexity index is 939. The molecule has 1 aliphatic rings. The number of piperidine rings is 1. The van der Waals surface area contributed by atoms with Crippen molar-refractivity contribution in [3.05, 3.63) is 65.2 Å². The van der Waals surface area contributed by atoms with Gasteiger partial charge in [-0.2, -0.15) is 0 Å². The third-order valence-electron chi connectivity index (χ3n) is 5.84. The Hall–Kier alpha value is -3.15. The molecular weight excluding hydrogens is 390 g/mol. The van der Waals surface area contributed by atoms with Gasteiger partial charge >= 0.3 is 0 Å². The van der Waals surface area contributed by atoms with Gasteiger partial charge in [-0.05, 0) is 50.5 Å². The first kappa shape index (κ1) is 22.5. The fourth-order valence-electron chi connectivity index (χ4n) is 3.92. The Kier molecular flexibility index (Phi) is 7.45. The molecule has 6 nitrogen and oxygen atoms in total. The molecule has 2 aromatic rings. The predicted octanol–water partition coefficient (Wildman–Crippen LogP) is 3.85. The van der Waals surface area contributed by atoms with E-state index in [0.29, 0.717) is 37.4 Å². The lowest BCUT2D eigenvalue weighted by Crippen LogP contribution is -2.43. The summed E-state index contributed by atoms with van der Waals surface area (Å²) in [6.07, 6.45) is 1.55. The summed E-state index contributed by atoms with van der Waals surface area (Å²) in [7, 11) is 0. The third-order valence-corrected chi connectivity index (χ3v) is 5.84. The lowest BCUT2D eigenvalue weighted by atomic mass is 9.96. The standard InChI is InChI=1S/C25H31N3O3/c1-4-27(19(3)29)16-21-8-5-6-10-23(21)26-24(30)22-9-7-15-28(17-22)25(31)20-13-11-18(2)12-14-20/h5-6,8,10-14,22H,4,7,9,15-17H2,1-3H3,(H,26,30). The van der Waals surface area contributed by atoms with Crippen LogP contribution < -0.4 is 5.32 Å². The van der Waals surface area contributed by atoms with Crippen LogP contribution in [-0.2, 0) is 16.1 Å². The molecule has 1 fully saturated rings. The SMILES string of the molecule is CCN(Cc1ccccc1NC(=O)C1CCCN(C(=O)c2ccc(C)cc2)C1)C(C)=O. The van der Waals surface area contributed by atoms with Crippen LogP contribution in [-0.4, -0.2) is 47.2 Å². The number of nitrogens with one attached hydrogen (secondary N) is 1. The van der Waals surface area contributed by atoms with Crippen LogP contribution in [0, 0.1) is 12.8 Å². The molecule has 0 saturated carbocycles. The molecule has 0 aliphatic carbocycles. The van der Waals surface area contributed by atoms with Gasteiger partial charge < -0.3 is 15.1 Å². The summed E-state index contributed by atoms with van der Waals surface area (Å²) in [5.74, 6) is -0.370. The van der Waals surface area contributed by atoms with E-state index in [-0.39, 0.29) is 23.6 Å². The number of anilines is 1. The molecule has 0 aromatic heterocycles. The molecule has 6 heteroatoms. The summed E-state index contributed by atoms with van der Waals surface area (Å²) in [5.41, 5.74) is 3.38. The zero-order valence-corrected chi connectivity index (χ0v) is 18.6.